The second-order valence-corrected chi connectivity index (χ2v) is 4.52. The normalized spacial score (nSPS) is 14.4. The SMILES string of the molecule is O=C(Nc1cnc2n1CCCC2)c1csnn1. The summed E-state index contributed by atoms with van der Waals surface area (Å²) in [6.07, 6.45) is 4.98. The lowest BCUT2D eigenvalue weighted by molar-refractivity contribution is 0.102. The number of nitrogens with zero attached hydrogens (tertiary/aromatic N) is 4. The van der Waals surface area contributed by atoms with E-state index in [0.717, 1.165) is 42.6 Å². The number of aromatic nitrogens is 4. The van der Waals surface area contributed by atoms with Crippen molar-refractivity contribution in [1.82, 2.24) is 19.1 Å². The molecule has 0 radical (unpaired) electrons. The van der Waals surface area contributed by atoms with E-state index in [-0.39, 0.29) is 5.91 Å². The summed E-state index contributed by atoms with van der Waals surface area (Å²) < 4.78 is 5.73. The zero-order valence-electron chi connectivity index (χ0n) is 9.09. The van der Waals surface area contributed by atoms with E-state index in [0.29, 0.717) is 5.69 Å². The molecule has 88 valence electrons. The lowest BCUT2D eigenvalue weighted by Crippen LogP contribution is -2.18. The van der Waals surface area contributed by atoms with Crippen molar-refractivity contribution in [2.75, 3.05) is 5.32 Å². The minimum atomic E-state index is -0.230. The first kappa shape index (κ1) is 10.4. The van der Waals surface area contributed by atoms with Crippen LogP contribution in [0.5, 0.6) is 0 Å². The molecule has 17 heavy (non-hydrogen) atoms. The topological polar surface area (TPSA) is 72.7 Å². The largest absolute Gasteiger partial charge is 0.315 e. The molecular formula is C10H11N5OS. The van der Waals surface area contributed by atoms with Crippen molar-refractivity contribution in [2.24, 2.45) is 0 Å². The zero-order valence-corrected chi connectivity index (χ0v) is 9.90. The number of hydrogen-bond donors (Lipinski definition) is 1. The van der Waals surface area contributed by atoms with E-state index in [4.69, 9.17) is 0 Å². The molecule has 0 aromatic carbocycles. The summed E-state index contributed by atoms with van der Waals surface area (Å²) in [5.41, 5.74) is 0.348. The summed E-state index contributed by atoms with van der Waals surface area (Å²) in [6, 6.07) is 0. The van der Waals surface area contributed by atoms with Crippen molar-refractivity contribution in [1.29, 1.82) is 0 Å². The number of carbonyl (C=O) groups excluding carboxylic acids is 1. The Morgan fingerprint density at radius 3 is 3.24 bits per heavy atom. The van der Waals surface area contributed by atoms with Crippen LogP contribution in [0.4, 0.5) is 5.82 Å². The van der Waals surface area contributed by atoms with Crippen LogP contribution in [0.2, 0.25) is 0 Å². The van der Waals surface area contributed by atoms with Gasteiger partial charge in [0.05, 0.1) is 6.20 Å². The second-order valence-electron chi connectivity index (χ2n) is 3.91. The summed E-state index contributed by atoms with van der Waals surface area (Å²) in [7, 11) is 0. The number of hydrogen-bond acceptors (Lipinski definition) is 5. The van der Waals surface area contributed by atoms with E-state index < -0.39 is 0 Å². The van der Waals surface area contributed by atoms with Crippen LogP contribution in [0.25, 0.3) is 0 Å². The molecule has 0 saturated carbocycles. The number of anilines is 1. The van der Waals surface area contributed by atoms with E-state index in [1.54, 1.807) is 11.6 Å². The fraction of sp³-hybridized carbons (Fsp3) is 0.400. The lowest BCUT2D eigenvalue weighted by Gasteiger charge is -2.16. The van der Waals surface area contributed by atoms with Crippen LogP contribution < -0.4 is 5.32 Å². The lowest BCUT2D eigenvalue weighted by atomic mass is 10.2. The molecule has 2 aromatic heterocycles. The summed E-state index contributed by atoms with van der Waals surface area (Å²) in [4.78, 5) is 16.1. The van der Waals surface area contributed by atoms with Gasteiger partial charge in [0.2, 0.25) is 0 Å². The highest BCUT2D eigenvalue weighted by atomic mass is 32.1. The molecule has 6 nitrogen and oxygen atoms in total. The van der Waals surface area contributed by atoms with Gasteiger partial charge in [-0.15, -0.1) is 5.10 Å². The predicted octanol–water partition coefficient (Wildman–Crippen LogP) is 1.32. The van der Waals surface area contributed by atoms with Crippen LogP contribution >= 0.6 is 11.5 Å². The molecule has 1 amide bonds. The maximum absolute atomic E-state index is 11.8. The molecule has 7 heteroatoms. The summed E-state index contributed by atoms with van der Waals surface area (Å²) >= 11 is 1.16. The molecule has 0 unspecified atom stereocenters. The van der Waals surface area contributed by atoms with Crippen LogP contribution in [-0.4, -0.2) is 25.0 Å². The highest BCUT2D eigenvalue weighted by Gasteiger charge is 2.17. The van der Waals surface area contributed by atoms with Crippen molar-refractivity contribution in [2.45, 2.75) is 25.8 Å². The molecule has 0 atom stereocenters. The first-order valence-electron chi connectivity index (χ1n) is 5.47. The first-order valence-corrected chi connectivity index (χ1v) is 6.31. The van der Waals surface area contributed by atoms with Crippen LogP contribution in [0.1, 0.15) is 29.2 Å². The third-order valence-electron chi connectivity index (χ3n) is 2.80. The fourth-order valence-corrected chi connectivity index (χ4v) is 2.40. The number of amides is 1. The Kier molecular flexibility index (Phi) is 2.60. The molecule has 1 aliphatic heterocycles. The van der Waals surface area contributed by atoms with Gasteiger partial charge < -0.3 is 9.88 Å². The van der Waals surface area contributed by atoms with Crippen LogP contribution in [0.15, 0.2) is 11.6 Å². The van der Waals surface area contributed by atoms with Crippen molar-refractivity contribution >= 4 is 23.3 Å². The molecule has 0 saturated heterocycles. The minimum absolute atomic E-state index is 0.230. The van der Waals surface area contributed by atoms with Gasteiger partial charge in [-0.05, 0) is 24.4 Å². The molecule has 0 aliphatic carbocycles. The number of fused-ring (bicyclic) bond motifs is 1. The molecule has 0 fully saturated rings. The van der Waals surface area contributed by atoms with Gasteiger partial charge in [0.15, 0.2) is 5.69 Å². The highest BCUT2D eigenvalue weighted by molar-refractivity contribution is 7.03. The van der Waals surface area contributed by atoms with E-state index >= 15 is 0 Å². The maximum atomic E-state index is 11.8. The van der Waals surface area contributed by atoms with Gasteiger partial charge in [-0.25, -0.2) is 4.98 Å². The average Bonchev–Trinajstić information content (AvgIpc) is 2.98. The van der Waals surface area contributed by atoms with Gasteiger partial charge in [-0.3, -0.25) is 4.79 Å². The van der Waals surface area contributed by atoms with Crippen LogP contribution in [-0.2, 0) is 13.0 Å². The standard InChI is InChI=1S/C10H11N5OS/c16-10(7-6-17-14-13-7)12-9-5-11-8-3-1-2-4-15(8)9/h5-6H,1-4H2,(H,12,16). The second kappa shape index (κ2) is 4.25. The third kappa shape index (κ3) is 1.93. The van der Waals surface area contributed by atoms with E-state index in [2.05, 4.69) is 24.5 Å². The molecule has 1 aliphatic rings. The Balaban J connectivity index is 1.81. The number of rotatable bonds is 2. The van der Waals surface area contributed by atoms with E-state index in [1.165, 1.54) is 6.42 Å². The molecule has 0 spiro atoms. The van der Waals surface area contributed by atoms with Gasteiger partial charge >= 0.3 is 0 Å². The summed E-state index contributed by atoms with van der Waals surface area (Å²) in [5.74, 6) is 1.56. The Morgan fingerprint density at radius 2 is 2.41 bits per heavy atom. The Labute approximate surface area is 102 Å². The van der Waals surface area contributed by atoms with Gasteiger partial charge in [-0.2, -0.15) is 0 Å². The predicted molar refractivity (Wildman–Crippen MR) is 63.0 cm³/mol. The highest BCUT2D eigenvalue weighted by Crippen LogP contribution is 2.19. The smallest absolute Gasteiger partial charge is 0.278 e. The Hall–Kier alpha value is -1.76. The van der Waals surface area contributed by atoms with Crippen molar-refractivity contribution < 1.29 is 4.79 Å². The van der Waals surface area contributed by atoms with Gasteiger partial charge in [0.25, 0.3) is 5.91 Å². The molecule has 1 N–H and O–H groups in total. The fourth-order valence-electron chi connectivity index (χ4n) is 1.96. The molecule has 3 heterocycles. The summed E-state index contributed by atoms with van der Waals surface area (Å²) in [6.45, 7) is 0.917. The van der Waals surface area contributed by atoms with E-state index in [1.807, 2.05) is 0 Å². The minimum Gasteiger partial charge on any atom is -0.315 e. The monoisotopic (exact) mass is 249 g/mol. The van der Waals surface area contributed by atoms with Crippen molar-refractivity contribution in [3.05, 3.63) is 23.1 Å². The van der Waals surface area contributed by atoms with Gasteiger partial charge in [-0.1, -0.05) is 4.49 Å². The quantitative estimate of drug-likeness (QED) is 0.871. The zero-order chi connectivity index (χ0) is 11.7. The number of nitrogens with one attached hydrogen (secondary N) is 1. The maximum Gasteiger partial charge on any atom is 0.278 e. The Morgan fingerprint density at radius 1 is 1.47 bits per heavy atom. The molecule has 2 aromatic rings. The van der Waals surface area contributed by atoms with Crippen LogP contribution in [0.3, 0.4) is 0 Å². The first-order chi connectivity index (χ1) is 8.34. The number of imidazole rings is 1. The van der Waals surface area contributed by atoms with Crippen LogP contribution in [0, 0.1) is 0 Å². The number of carbonyl (C=O) groups is 1. The third-order valence-corrected chi connectivity index (χ3v) is 3.31. The number of aryl methyl sites for hydroxylation is 1. The Bertz CT molecular complexity index is 533. The van der Waals surface area contributed by atoms with Crippen molar-refractivity contribution in [3.63, 3.8) is 0 Å². The van der Waals surface area contributed by atoms with Crippen molar-refractivity contribution in [3.8, 4) is 0 Å². The molecular weight excluding hydrogens is 238 g/mol. The molecule has 3 rings (SSSR count). The van der Waals surface area contributed by atoms with Gasteiger partial charge in [0.1, 0.15) is 11.6 Å². The molecule has 0 bridgehead atoms. The van der Waals surface area contributed by atoms with E-state index in [9.17, 15) is 4.79 Å². The average molecular weight is 249 g/mol. The summed E-state index contributed by atoms with van der Waals surface area (Å²) in [5, 5.41) is 8.18. The van der Waals surface area contributed by atoms with Gasteiger partial charge in [0, 0.05) is 18.3 Å².